The van der Waals surface area contributed by atoms with Crippen molar-refractivity contribution in [1.82, 2.24) is 5.32 Å². The molecule has 1 fully saturated rings. The van der Waals surface area contributed by atoms with Crippen molar-refractivity contribution in [1.29, 1.82) is 0 Å². The van der Waals surface area contributed by atoms with E-state index in [0.717, 1.165) is 18.4 Å². The van der Waals surface area contributed by atoms with E-state index in [9.17, 15) is 4.79 Å². The molecule has 1 aliphatic rings. The number of hydrogen-bond donors (Lipinski definition) is 2. The van der Waals surface area contributed by atoms with Gasteiger partial charge in [-0.1, -0.05) is 17.7 Å². The second kappa shape index (κ2) is 3.66. The largest absolute Gasteiger partial charge is 0.394 e. The molecule has 2 N–H and O–H groups in total. The Balaban J connectivity index is 2.08. The van der Waals surface area contributed by atoms with Crippen LogP contribution in [-0.4, -0.2) is 23.2 Å². The molecule has 1 aromatic carbocycles. The average Bonchev–Trinajstić information content (AvgIpc) is 2.98. The Hall–Kier alpha value is -1.35. The number of nitrogens with one attached hydrogen (secondary N) is 1. The molecule has 0 bridgehead atoms. The molecule has 1 saturated carbocycles. The lowest BCUT2D eigenvalue weighted by molar-refractivity contribution is 0.0906. The topological polar surface area (TPSA) is 49.3 Å². The molecular weight excluding hydrogens is 190 g/mol. The molecule has 3 heteroatoms. The van der Waals surface area contributed by atoms with Gasteiger partial charge in [0.05, 0.1) is 12.1 Å². The zero-order chi connectivity index (χ0) is 10.9. The van der Waals surface area contributed by atoms with Crippen molar-refractivity contribution in [3.05, 3.63) is 35.4 Å². The summed E-state index contributed by atoms with van der Waals surface area (Å²) in [5, 5.41) is 12.0. The van der Waals surface area contributed by atoms with E-state index in [0.29, 0.717) is 5.56 Å². The lowest BCUT2D eigenvalue weighted by atomic mass is 10.1. The number of hydrogen-bond acceptors (Lipinski definition) is 2. The summed E-state index contributed by atoms with van der Waals surface area (Å²) in [7, 11) is 0. The SMILES string of the molecule is Cc1cccc(C(=O)NC2(CO)CC2)c1. The Bertz CT molecular complexity index is 383. The average molecular weight is 205 g/mol. The highest BCUT2D eigenvalue weighted by molar-refractivity contribution is 5.95. The van der Waals surface area contributed by atoms with E-state index >= 15 is 0 Å². The molecule has 0 saturated heterocycles. The van der Waals surface area contributed by atoms with Gasteiger partial charge in [0.1, 0.15) is 0 Å². The van der Waals surface area contributed by atoms with Crippen molar-refractivity contribution >= 4 is 5.91 Å². The molecule has 3 nitrogen and oxygen atoms in total. The third-order valence-electron chi connectivity index (χ3n) is 2.82. The maximum absolute atomic E-state index is 11.8. The van der Waals surface area contributed by atoms with E-state index < -0.39 is 0 Å². The second-order valence-corrected chi connectivity index (χ2v) is 4.26. The van der Waals surface area contributed by atoms with E-state index in [2.05, 4.69) is 5.32 Å². The summed E-state index contributed by atoms with van der Waals surface area (Å²) in [4.78, 5) is 11.8. The summed E-state index contributed by atoms with van der Waals surface area (Å²) < 4.78 is 0. The first-order valence-electron chi connectivity index (χ1n) is 5.15. The second-order valence-electron chi connectivity index (χ2n) is 4.26. The van der Waals surface area contributed by atoms with Gasteiger partial charge >= 0.3 is 0 Å². The fourth-order valence-electron chi connectivity index (χ4n) is 1.57. The predicted octanol–water partition coefficient (Wildman–Crippen LogP) is 1.25. The third kappa shape index (κ3) is 2.18. The zero-order valence-corrected chi connectivity index (χ0v) is 8.79. The molecule has 0 spiro atoms. The first-order valence-corrected chi connectivity index (χ1v) is 5.15. The predicted molar refractivity (Wildman–Crippen MR) is 57.7 cm³/mol. The number of rotatable bonds is 3. The molecule has 1 amide bonds. The van der Waals surface area contributed by atoms with Crippen LogP contribution in [0.4, 0.5) is 0 Å². The standard InChI is InChI=1S/C12H15NO2/c1-9-3-2-4-10(7-9)11(15)13-12(8-14)5-6-12/h2-4,7,14H,5-6,8H2,1H3,(H,13,15). The van der Waals surface area contributed by atoms with Crippen molar-refractivity contribution in [2.24, 2.45) is 0 Å². The van der Waals surface area contributed by atoms with Gasteiger partial charge in [0.2, 0.25) is 0 Å². The van der Waals surface area contributed by atoms with Crippen molar-refractivity contribution in [3.63, 3.8) is 0 Å². The molecule has 0 atom stereocenters. The lowest BCUT2D eigenvalue weighted by Crippen LogP contribution is -2.39. The van der Waals surface area contributed by atoms with Crippen LogP contribution in [0.1, 0.15) is 28.8 Å². The van der Waals surface area contributed by atoms with Crippen LogP contribution in [0.3, 0.4) is 0 Å². The van der Waals surface area contributed by atoms with E-state index in [1.165, 1.54) is 0 Å². The molecule has 1 aromatic rings. The Morgan fingerprint density at radius 1 is 1.53 bits per heavy atom. The van der Waals surface area contributed by atoms with E-state index in [-0.39, 0.29) is 18.1 Å². The Morgan fingerprint density at radius 3 is 2.80 bits per heavy atom. The fourth-order valence-corrected chi connectivity index (χ4v) is 1.57. The Morgan fingerprint density at radius 2 is 2.27 bits per heavy atom. The maximum atomic E-state index is 11.8. The van der Waals surface area contributed by atoms with Crippen LogP contribution in [-0.2, 0) is 0 Å². The molecule has 80 valence electrons. The van der Waals surface area contributed by atoms with Crippen LogP contribution in [0.5, 0.6) is 0 Å². The maximum Gasteiger partial charge on any atom is 0.251 e. The summed E-state index contributed by atoms with van der Waals surface area (Å²) in [6.07, 6.45) is 1.75. The fraction of sp³-hybridized carbons (Fsp3) is 0.417. The van der Waals surface area contributed by atoms with Gasteiger partial charge in [-0.25, -0.2) is 0 Å². The van der Waals surface area contributed by atoms with Crippen LogP contribution >= 0.6 is 0 Å². The van der Waals surface area contributed by atoms with Crippen molar-refractivity contribution in [3.8, 4) is 0 Å². The molecule has 0 unspecified atom stereocenters. The number of aliphatic hydroxyl groups is 1. The number of benzene rings is 1. The minimum atomic E-state index is -0.333. The normalized spacial score (nSPS) is 17.2. The van der Waals surface area contributed by atoms with Crippen LogP contribution in [0, 0.1) is 6.92 Å². The zero-order valence-electron chi connectivity index (χ0n) is 8.79. The molecule has 1 aliphatic carbocycles. The number of carbonyl (C=O) groups excluding carboxylic acids is 1. The van der Waals surface area contributed by atoms with Crippen LogP contribution in [0.25, 0.3) is 0 Å². The summed E-state index contributed by atoms with van der Waals surface area (Å²) in [6.45, 7) is 1.99. The van der Waals surface area contributed by atoms with Crippen LogP contribution in [0.15, 0.2) is 24.3 Å². The third-order valence-corrected chi connectivity index (χ3v) is 2.82. The number of aliphatic hydroxyl groups excluding tert-OH is 1. The van der Waals surface area contributed by atoms with Gasteiger partial charge in [0.15, 0.2) is 0 Å². The highest BCUT2D eigenvalue weighted by Crippen LogP contribution is 2.34. The van der Waals surface area contributed by atoms with E-state index in [4.69, 9.17) is 5.11 Å². The highest BCUT2D eigenvalue weighted by Gasteiger charge is 2.43. The first kappa shape index (κ1) is 10.2. The number of carbonyl (C=O) groups is 1. The van der Waals surface area contributed by atoms with E-state index in [1.54, 1.807) is 6.07 Å². The van der Waals surface area contributed by atoms with E-state index in [1.807, 2.05) is 25.1 Å². The van der Waals surface area contributed by atoms with Gasteiger partial charge in [-0.15, -0.1) is 0 Å². The smallest absolute Gasteiger partial charge is 0.251 e. The molecule has 0 aromatic heterocycles. The Kier molecular flexibility index (Phi) is 2.49. The summed E-state index contributed by atoms with van der Waals surface area (Å²) >= 11 is 0. The van der Waals surface area contributed by atoms with Gasteiger partial charge in [0.25, 0.3) is 5.91 Å². The minimum absolute atomic E-state index is 0.0323. The molecule has 2 rings (SSSR count). The molecule has 0 radical (unpaired) electrons. The number of aryl methyl sites for hydroxylation is 1. The molecule has 0 aliphatic heterocycles. The van der Waals surface area contributed by atoms with Gasteiger partial charge in [-0.3, -0.25) is 4.79 Å². The van der Waals surface area contributed by atoms with Crippen molar-refractivity contribution in [2.45, 2.75) is 25.3 Å². The van der Waals surface area contributed by atoms with Crippen LogP contribution in [0.2, 0.25) is 0 Å². The summed E-state index contributed by atoms with van der Waals surface area (Å²) in [5.41, 5.74) is 1.40. The monoisotopic (exact) mass is 205 g/mol. The lowest BCUT2D eigenvalue weighted by Gasteiger charge is -2.14. The molecule has 15 heavy (non-hydrogen) atoms. The quantitative estimate of drug-likeness (QED) is 0.780. The summed E-state index contributed by atoms with van der Waals surface area (Å²) in [6, 6.07) is 7.46. The van der Waals surface area contributed by atoms with Crippen LogP contribution < -0.4 is 5.32 Å². The van der Waals surface area contributed by atoms with Gasteiger partial charge < -0.3 is 10.4 Å². The minimum Gasteiger partial charge on any atom is -0.394 e. The highest BCUT2D eigenvalue weighted by atomic mass is 16.3. The first-order chi connectivity index (χ1) is 7.15. The van der Waals surface area contributed by atoms with Gasteiger partial charge in [-0.2, -0.15) is 0 Å². The number of amides is 1. The van der Waals surface area contributed by atoms with Crippen molar-refractivity contribution in [2.75, 3.05) is 6.61 Å². The molecule has 0 heterocycles. The summed E-state index contributed by atoms with van der Waals surface area (Å²) in [5.74, 6) is -0.0924. The molecular formula is C12H15NO2. The van der Waals surface area contributed by atoms with Crippen molar-refractivity contribution < 1.29 is 9.90 Å². The van der Waals surface area contributed by atoms with Gasteiger partial charge in [-0.05, 0) is 31.9 Å². The van der Waals surface area contributed by atoms with Gasteiger partial charge in [0, 0.05) is 5.56 Å². The Labute approximate surface area is 89.1 Å².